The Morgan fingerprint density at radius 2 is 2.00 bits per heavy atom. The molecule has 0 saturated heterocycles. The fraction of sp³-hybridized carbons (Fsp3) is 0.188. The molecule has 110 valence electrons. The molecule has 0 spiro atoms. The minimum atomic E-state index is -0.267. The minimum Gasteiger partial charge on any atom is -0.483 e. The molecule has 0 fully saturated rings. The van der Waals surface area contributed by atoms with Gasteiger partial charge in [-0.1, -0.05) is 30.3 Å². The van der Waals surface area contributed by atoms with Gasteiger partial charge in [0.1, 0.15) is 5.75 Å². The number of anilines is 1. The van der Waals surface area contributed by atoms with Crippen LogP contribution in [-0.4, -0.2) is 17.6 Å². The highest BCUT2D eigenvalue weighted by molar-refractivity contribution is 5.91. The summed E-state index contributed by atoms with van der Waals surface area (Å²) in [5.74, 6) is 0.239. The molecule has 0 aliphatic heterocycles. The maximum Gasteiger partial charge on any atom is 0.262 e. The third kappa shape index (κ3) is 4.30. The number of carbonyl (C=O) groups excluding carboxylic acids is 1. The van der Waals surface area contributed by atoms with Crippen LogP contribution in [0.3, 0.4) is 0 Å². The van der Waals surface area contributed by atoms with Gasteiger partial charge in [0.05, 0.1) is 6.61 Å². The van der Waals surface area contributed by atoms with E-state index in [2.05, 4.69) is 5.32 Å². The molecule has 4 N–H and O–H groups in total. The highest BCUT2D eigenvalue weighted by Gasteiger charge is 2.06. The number of para-hydroxylation sites is 1. The molecule has 2 aromatic carbocycles. The topological polar surface area (TPSA) is 84.6 Å². The van der Waals surface area contributed by atoms with Crippen LogP contribution in [0.15, 0.2) is 48.5 Å². The predicted molar refractivity (Wildman–Crippen MR) is 80.8 cm³/mol. The predicted octanol–water partition coefficient (Wildman–Crippen LogP) is 1.66. The zero-order chi connectivity index (χ0) is 15.1. The first-order valence-electron chi connectivity index (χ1n) is 6.63. The van der Waals surface area contributed by atoms with Gasteiger partial charge in [0, 0.05) is 17.8 Å². The van der Waals surface area contributed by atoms with Gasteiger partial charge in [-0.2, -0.15) is 0 Å². The van der Waals surface area contributed by atoms with Crippen molar-refractivity contribution in [1.82, 2.24) is 0 Å². The highest BCUT2D eigenvalue weighted by Crippen LogP contribution is 2.17. The standard InChI is InChI=1S/C16H18N2O3/c17-9-12-4-3-6-14(8-12)18-16(20)11-21-15-7-2-1-5-13(15)10-19/h1-8,19H,9-11,17H2,(H,18,20). The normalized spacial score (nSPS) is 10.2. The quantitative estimate of drug-likeness (QED) is 0.754. The van der Waals surface area contributed by atoms with Gasteiger partial charge in [-0.25, -0.2) is 0 Å². The SMILES string of the molecule is NCc1cccc(NC(=O)COc2ccccc2CO)c1. The second kappa shape index (κ2) is 7.42. The molecule has 2 aromatic rings. The third-order valence-electron chi connectivity index (χ3n) is 2.95. The van der Waals surface area contributed by atoms with Crippen LogP contribution in [0.2, 0.25) is 0 Å². The third-order valence-corrected chi connectivity index (χ3v) is 2.95. The van der Waals surface area contributed by atoms with Crippen molar-refractivity contribution in [2.75, 3.05) is 11.9 Å². The Morgan fingerprint density at radius 3 is 2.76 bits per heavy atom. The number of hydrogen-bond donors (Lipinski definition) is 3. The van der Waals surface area contributed by atoms with E-state index in [9.17, 15) is 9.90 Å². The molecule has 0 saturated carbocycles. The Labute approximate surface area is 123 Å². The maximum atomic E-state index is 11.9. The molecule has 0 aliphatic carbocycles. The summed E-state index contributed by atoms with van der Waals surface area (Å²) in [4.78, 5) is 11.9. The zero-order valence-electron chi connectivity index (χ0n) is 11.6. The Kier molecular flexibility index (Phi) is 5.31. The van der Waals surface area contributed by atoms with E-state index in [4.69, 9.17) is 10.5 Å². The summed E-state index contributed by atoms with van der Waals surface area (Å²) in [5, 5.41) is 11.9. The summed E-state index contributed by atoms with van der Waals surface area (Å²) >= 11 is 0. The summed E-state index contributed by atoms with van der Waals surface area (Å²) in [6.45, 7) is 0.171. The number of hydrogen-bond acceptors (Lipinski definition) is 4. The molecule has 1 amide bonds. The molecule has 0 bridgehead atoms. The van der Waals surface area contributed by atoms with Crippen molar-refractivity contribution < 1.29 is 14.6 Å². The molecule has 5 nitrogen and oxygen atoms in total. The van der Waals surface area contributed by atoms with Gasteiger partial charge in [0.25, 0.3) is 5.91 Å². The summed E-state index contributed by atoms with van der Waals surface area (Å²) < 4.78 is 5.42. The van der Waals surface area contributed by atoms with Crippen molar-refractivity contribution >= 4 is 11.6 Å². The summed E-state index contributed by atoms with van der Waals surface area (Å²) in [6, 6.07) is 14.4. The van der Waals surface area contributed by atoms with Crippen molar-refractivity contribution in [3.63, 3.8) is 0 Å². The summed E-state index contributed by atoms with van der Waals surface area (Å²) in [6.07, 6.45) is 0. The highest BCUT2D eigenvalue weighted by atomic mass is 16.5. The molecule has 5 heteroatoms. The maximum absolute atomic E-state index is 11.9. The van der Waals surface area contributed by atoms with Crippen molar-refractivity contribution in [2.24, 2.45) is 5.73 Å². The molecule has 0 aromatic heterocycles. The number of amides is 1. The van der Waals surface area contributed by atoms with E-state index in [1.807, 2.05) is 18.2 Å². The van der Waals surface area contributed by atoms with E-state index < -0.39 is 0 Å². The number of nitrogens with two attached hydrogens (primary N) is 1. The number of aliphatic hydroxyl groups is 1. The van der Waals surface area contributed by atoms with Gasteiger partial charge < -0.3 is 20.9 Å². The van der Waals surface area contributed by atoms with Gasteiger partial charge in [-0.15, -0.1) is 0 Å². The van der Waals surface area contributed by atoms with E-state index in [1.54, 1.807) is 30.3 Å². The van der Waals surface area contributed by atoms with Gasteiger partial charge in [-0.05, 0) is 23.8 Å². The lowest BCUT2D eigenvalue weighted by molar-refractivity contribution is -0.118. The van der Waals surface area contributed by atoms with E-state index in [0.29, 0.717) is 23.5 Å². The van der Waals surface area contributed by atoms with Crippen LogP contribution in [0.25, 0.3) is 0 Å². The molecule has 0 radical (unpaired) electrons. The fourth-order valence-corrected chi connectivity index (χ4v) is 1.89. The second-order valence-corrected chi connectivity index (χ2v) is 4.51. The van der Waals surface area contributed by atoms with Gasteiger partial charge >= 0.3 is 0 Å². The fourth-order valence-electron chi connectivity index (χ4n) is 1.89. The Morgan fingerprint density at radius 1 is 1.19 bits per heavy atom. The number of rotatable bonds is 6. The van der Waals surface area contributed by atoms with Crippen molar-refractivity contribution in [1.29, 1.82) is 0 Å². The van der Waals surface area contributed by atoms with Crippen molar-refractivity contribution in [3.05, 3.63) is 59.7 Å². The van der Waals surface area contributed by atoms with Crippen LogP contribution in [0, 0.1) is 0 Å². The molecule has 0 atom stereocenters. The number of benzene rings is 2. The van der Waals surface area contributed by atoms with Crippen molar-refractivity contribution in [2.45, 2.75) is 13.2 Å². The molecule has 0 aliphatic rings. The summed E-state index contributed by atoms with van der Waals surface area (Å²) in [5.41, 5.74) is 7.83. The van der Waals surface area contributed by atoms with E-state index in [0.717, 1.165) is 5.56 Å². The monoisotopic (exact) mass is 286 g/mol. The van der Waals surface area contributed by atoms with Crippen LogP contribution in [-0.2, 0) is 17.9 Å². The zero-order valence-corrected chi connectivity index (χ0v) is 11.6. The van der Waals surface area contributed by atoms with Gasteiger partial charge in [0.2, 0.25) is 0 Å². The lowest BCUT2D eigenvalue weighted by Gasteiger charge is -2.10. The first-order chi connectivity index (χ1) is 10.2. The molecular weight excluding hydrogens is 268 g/mol. The van der Waals surface area contributed by atoms with Gasteiger partial charge in [0.15, 0.2) is 6.61 Å². The van der Waals surface area contributed by atoms with Crippen LogP contribution in [0.5, 0.6) is 5.75 Å². The Balaban J connectivity index is 1.92. The number of nitrogens with one attached hydrogen (secondary N) is 1. The van der Waals surface area contributed by atoms with E-state index in [1.165, 1.54) is 0 Å². The molecule has 21 heavy (non-hydrogen) atoms. The number of aliphatic hydroxyl groups excluding tert-OH is 1. The van der Waals surface area contributed by atoms with Crippen LogP contribution in [0.4, 0.5) is 5.69 Å². The number of carbonyl (C=O) groups is 1. The second-order valence-electron chi connectivity index (χ2n) is 4.51. The lowest BCUT2D eigenvalue weighted by Crippen LogP contribution is -2.20. The average Bonchev–Trinajstić information content (AvgIpc) is 2.53. The molecular formula is C16H18N2O3. The van der Waals surface area contributed by atoms with Crippen LogP contribution in [0.1, 0.15) is 11.1 Å². The number of ether oxygens (including phenoxy) is 1. The first kappa shape index (κ1) is 15.0. The minimum absolute atomic E-state index is 0.121. The van der Waals surface area contributed by atoms with Crippen molar-refractivity contribution in [3.8, 4) is 5.75 Å². The average molecular weight is 286 g/mol. The van der Waals surface area contributed by atoms with Crippen LogP contribution >= 0.6 is 0 Å². The van der Waals surface area contributed by atoms with Crippen LogP contribution < -0.4 is 15.8 Å². The Hall–Kier alpha value is -2.37. The molecule has 0 unspecified atom stereocenters. The summed E-state index contributed by atoms with van der Waals surface area (Å²) in [7, 11) is 0. The lowest BCUT2D eigenvalue weighted by atomic mass is 10.2. The first-order valence-corrected chi connectivity index (χ1v) is 6.63. The van der Waals surface area contributed by atoms with E-state index in [-0.39, 0.29) is 19.1 Å². The smallest absolute Gasteiger partial charge is 0.262 e. The van der Waals surface area contributed by atoms with Gasteiger partial charge in [-0.3, -0.25) is 4.79 Å². The molecule has 2 rings (SSSR count). The molecule has 0 heterocycles. The largest absolute Gasteiger partial charge is 0.483 e. The Bertz CT molecular complexity index is 614. The van der Waals surface area contributed by atoms with E-state index >= 15 is 0 Å².